The SMILES string of the molecule is O=C(CCCn1ccnc1)N1CCC(O)(COc2cccc(F)c2)C1. The minimum Gasteiger partial charge on any atom is -0.490 e. The molecule has 1 fully saturated rings. The monoisotopic (exact) mass is 347 g/mol. The molecule has 1 aliphatic heterocycles. The molecule has 1 N–H and O–H groups in total. The lowest BCUT2D eigenvalue weighted by molar-refractivity contribution is -0.131. The Morgan fingerprint density at radius 3 is 3.08 bits per heavy atom. The summed E-state index contributed by atoms with van der Waals surface area (Å²) in [4.78, 5) is 17.9. The first-order valence-corrected chi connectivity index (χ1v) is 8.38. The normalized spacial score (nSPS) is 20.0. The molecular weight excluding hydrogens is 325 g/mol. The maximum absolute atomic E-state index is 13.2. The minimum absolute atomic E-state index is 0.0294. The zero-order valence-corrected chi connectivity index (χ0v) is 14.0. The molecule has 7 heteroatoms. The third-order valence-corrected chi connectivity index (χ3v) is 4.35. The number of likely N-dealkylation sites (tertiary alicyclic amines) is 1. The maximum Gasteiger partial charge on any atom is 0.222 e. The van der Waals surface area contributed by atoms with E-state index in [0.29, 0.717) is 25.1 Å². The first-order valence-electron chi connectivity index (χ1n) is 8.38. The zero-order valence-electron chi connectivity index (χ0n) is 14.0. The Labute approximate surface area is 145 Å². The summed E-state index contributed by atoms with van der Waals surface area (Å²) in [6.45, 7) is 1.53. The summed E-state index contributed by atoms with van der Waals surface area (Å²) in [7, 11) is 0. The molecule has 1 aromatic carbocycles. The van der Waals surface area contributed by atoms with E-state index in [0.717, 1.165) is 13.0 Å². The van der Waals surface area contributed by atoms with Gasteiger partial charge in [0.2, 0.25) is 5.91 Å². The fourth-order valence-electron chi connectivity index (χ4n) is 2.95. The van der Waals surface area contributed by atoms with Crippen molar-refractivity contribution in [3.8, 4) is 5.75 Å². The molecule has 25 heavy (non-hydrogen) atoms. The van der Waals surface area contributed by atoms with Gasteiger partial charge in [0.05, 0.1) is 12.9 Å². The van der Waals surface area contributed by atoms with Gasteiger partial charge in [-0.3, -0.25) is 4.79 Å². The predicted octanol–water partition coefficient (Wildman–Crippen LogP) is 1.84. The smallest absolute Gasteiger partial charge is 0.222 e. The number of nitrogens with zero attached hydrogens (tertiary/aromatic N) is 3. The molecule has 0 radical (unpaired) electrons. The number of β-amino-alcohol motifs (C(OH)–C–C–N with tert-alkyl or cyclic N) is 1. The van der Waals surface area contributed by atoms with Gasteiger partial charge in [0, 0.05) is 38.0 Å². The summed E-state index contributed by atoms with van der Waals surface area (Å²) in [5.74, 6) is 0.0194. The topological polar surface area (TPSA) is 67.6 Å². The number of aliphatic hydroxyl groups is 1. The molecule has 1 atom stereocenters. The predicted molar refractivity (Wildman–Crippen MR) is 89.5 cm³/mol. The van der Waals surface area contributed by atoms with Crippen LogP contribution in [0.1, 0.15) is 19.3 Å². The molecule has 1 saturated heterocycles. The third kappa shape index (κ3) is 4.79. The quantitative estimate of drug-likeness (QED) is 0.830. The highest BCUT2D eigenvalue weighted by Gasteiger charge is 2.38. The Bertz CT molecular complexity index is 707. The number of carbonyl (C=O) groups is 1. The van der Waals surface area contributed by atoms with Gasteiger partial charge in [0.1, 0.15) is 23.8 Å². The number of carbonyl (C=O) groups excluding carboxylic acids is 1. The Morgan fingerprint density at radius 2 is 2.32 bits per heavy atom. The van der Waals surface area contributed by atoms with Crippen LogP contribution in [-0.2, 0) is 11.3 Å². The summed E-state index contributed by atoms with van der Waals surface area (Å²) >= 11 is 0. The largest absolute Gasteiger partial charge is 0.490 e. The van der Waals surface area contributed by atoms with Gasteiger partial charge < -0.3 is 19.3 Å². The van der Waals surface area contributed by atoms with Crippen LogP contribution in [0.4, 0.5) is 4.39 Å². The van der Waals surface area contributed by atoms with E-state index in [1.54, 1.807) is 29.6 Å². The van der Waals surface area contributed by atoms with Gasteiger partial charge in [0.25, 0.3) is 0 Å². The lowest BCUT2D eigenvalue weighted by Gasteiger charge is -2.23. The van der Waals surface area contributed by atoms with E-state index in [-0.39, 0.29) is 24.9 Å². The molecule has 0 aliphatic carbocycles. The van der Waals surface area contributed by atoms with Gasteiger partial charge in [-0.15, -0.1) is 0 Å². The van der Waals surface area contributed by atoms with Crippen LogP contribution >= 0.6 is 0 Å². The molecule has 0 spiro atoms. The number of rotatable bonds is 7. The van der Waals surface area contributed by atoms with Crippen molar-refractivity contribution in [2.45, 2.75) is 31.4 Å². The number of ether oxygens (including phenoxy) is 1. The lowest BCUT2D eigenvalue weighted by Crippen LogP contribution is -2.40. The molecule has 2 heterocycles. The number of aryl methyl sites for hydroxylation is 1. The Morgan fingerprint density at radius 1 is 1.44 bits per heavy atom. The number of imidazole rings is 1. The van der Waals surface area contributed by atoms with Crippen molar-refractivity contribution >= 4 is 5.91 Å². The molecule has 0 bridgehead atoms. The van der Waals surface area contributed by atoms with Crippen LogP contribution in [-0.4, -0.2) is 50.8 Å². The fourth-order valence-corrected chi connectivity index (χ4v) is 2.95. The van der Waals surface area contributed by atoms with Crippen LogP contribution in [0.3, 0.4) is 0 Å². The van der Waals surface area contributed by atoms with Crippen molar-refractivity contribution in [1.29, 1.82) is 0 Å². The van der Waals surface area contributed by atoms with E-state index in [4.69, 9.17) is 4.74 Å². The van der Waals surface area contributed by atoms with Crippen molar-refractivity contribution in [2.24, 2.45) is 0 Å². The van der Waals surface area contributed by atoms with E-state index in [9.17, 15) is 14.3 Å². The maximum atomic E-state index is 13.2. The van der Waals surface area contributed by atoms with E-state index in [1.165, 1.54) is 12.1 Å². The summed E-state index contributed by atoms with van der Waals surface area (Å²) in [6.07, 6.45) is 6.91. The summed E-state index contributed by atoms with van der Waals surface area (Å²) < 4.78 is 20.6. The van der Waals surface area contributed by atoms with Crippen molar-refractivity contribution in [2.75, 3.05) is 19.7 Å². The second-order valence-electron chi connectivity index (χ2n) is 6.44. The number of amides is 1. The Kier molecular flexibility index (Phi) is 5.33. The average molecular weight is 347 g/mol. The second-order valence-corrected chi connectivity index (χ2v) is 6.44. The molecule has 134 valence electrons. The fraction of sp³-hybridized carbons (Fsp3) is 0.444. The number of benzene rings is 1. The van der Waals surface area contributed by atoms with Gasteiger partial charge in [-0.2, -0.15) is 0 Å². The molecule has 3 rings (SSSR count). The zero-order chi connectivity index (χ0) is 17.7. The number of aromatic nitrogens is 2. The standard InChI is InChI=1S/C18H22FN3O3/c19-15-3-1-4-16(11-15)25-13-18(24)6-9-22(12-18)17(23)5-2-8-21-10-7-20-14-21/h1,3-4,7,10-11,14,24H,2,5-6,8-9,12-13H2. The minimum atomic E-state index is -1.09. The van der Waals surface area contributed by atoms with E-state index in [2.05, 4.69) is 4.98 Å². The van der Waals surface area contributed by atoms with E-state index >= 15 is 0 Å². The van der Waals surface area contributed by atoms with E-state index in [1.807, 2.05) is 10.8 Å². The van der Waals surface area contributed by atoms with Gasteiger partial charge in [-0.25, -0.2) is 9.37 Å². The highest BCUT2D eigenvalue weighted by atomic mass is 19.1. The van der Waals surface area contributed by atoms with Crippen LogP contribution in [0.25, 0.3) is 0 Å². The average Bonchev–Trinajstić information content (AvgIpc) is 3.23. The second kappa shape index (κ2) is 7.65. The van der Waals surface area contributed by atoms with Crippen LogP contribution in [0.15, 0.2) is 43.0 Å². The Hall–Kier alpha value is -2.41. The molecule has 2 aromatic rings. The third-order valence-electron chi connectivity index (χ3n) is 4.35. The van der Waals surface area contributed by atoms with Crippen LogP contribution in [0, 0.1) is 5.82 Å². The van der Waals surface area contributed by atoms with Gasteiger partial charge in [0.15, 0.2) is 0 Å². The Balaban J connectivity index is 1.44. The molecule has 1 aliphatic rings. The molecule has 1 aromatic heterocycles. The van der Waals surface area contributed by atoms with Gasteiger partial charge >= 0.3 is 0 Å². The first-order chi connectivity index (χ1) is 12.0. The summed E-state index contributed by atoms with van der Waals surface area (Å²) in [5.41, 5.74) is -1.09. The van der Waals surface area contributed by atoms with Gasteiger partial charge in [-0.1, -0.05) is 6.07 Å². The number of hydrogen-bond acceptors (Lipinski definition) is 4. The van der Waals surface area contributed by atoms with Crippen molar-refractivity contribution < 1.29 is 19.0 Å². The van der Waals surface area contributed by atoms with Crippen LogP contribution < -0.4 is 4.74 Å². The molecule has 1 amide bonds. The number of halogens is 1. The first kappa shape index (κ1) is 17.4. The molecule has 6 nitrogen and oxygen atoms in total. The number of hydrogen-bond donors (Lipinski definition) is 1. The van der Waals surface area contributed by atoms with Crippen LogP contribution in [0.2, 0.25) is 0 Å². The van der Waals surface area contributed by atoms with Gasteiger partial charge in [-0.05, 0) is 25.0 Å². The van der Waals surface area contributed by atoms with E-state index < -0.39 is 5.60 Å². The molecular formula is C18H22FN3O3. The lowest BCUT2D eigenvalue weighted by atomic mass is 10.1. The summed E-state index contributed by atoms with van der Waals surface area (Å²) in [6, 6.07) is 5.80. The van der Waals surface area contributed by atoms with Crippen molar-refractivity contribution in [3.63, 3.8) is 0 Å². The van der Waals surface area contributed by atoms with Crippen LogP contribution in [0.5, 0.6) is 5.75 Å². The molecule has 1 unspecified atom stereocenters. The highest BCUT2D eigenvalue weighted by Crippen LogP contribution is 2.24. The highest BCUT2D eigenvalue weighted by molar-refractivity contribution is 5.76. The van der Waals surface area contributed by atoms with Crippen molar-refractivity contribution in [1.82, 2.24) is 14.5 Å². The molecule has 0 saturated carbocycles. The van der Waals surface area contributed by atoms with Crippen molar-refractivity contribution in [3.05, 3.63) is 48.8 Å². The summed E-state index contributed by atoms with van der Waals surface area (Å²) in [5, 5.41) is 10.6.